The number of rotatable bonds is 1. The Morgan fingerprint density at radius 1 is 1.75 bits per heavy atom. The summed E-state index contributed by atoms with van der Waals surface area (Å²) in [5.74, 6) is 0.433. The molecule has 2 atom stereocenters. The molecular formula is C9H11BrOS. The van der Waals surface area contributed by atoms with Crippen LogP contribution in [-0.4, -0.2) is 5.11 Å². The Kier molecular flexibility index (Phi) is 1.86. The van der Waals surface area contributed by atoms with Crippen LogP contribution in [0.15, 0.2) is 9.85 Å². The van der Waals surface area contributed by atoms with E-state index in [4.69, 9.17) is 0 Å². The zero-order valence-corrected chi connectivity index (χ0v) is 9.50. The number of thiophene rings is 1. The van der Waals surface area contributed by atoms with Crippen molar-refractivity contribution in [1.82, 2.24) is 0 Å². The topological polar surface area (TPSA) is 20.2 Å². The Bertz CT molecular complexity index is 301. The highest BCUT2D eigenvalue weighted by atomic mass is 79.9. The minimum atomic E-state index is -0.499. The fourth-order valence-electron chi connectivity index (χ4n) is 1.42. The number of aryl methyl sites for hydroxylation is 1. The van der Waals surface area contributed by atoms with Crippen LogP contribution in [0.2, 0.25) is 0 Å². The third-order valence-corrected chi connectivity index (χ3v) is 4.86. The predicted molar refractivity (Wildman–Crippen MR) is 54.4 cm³/mol. The van der Waals surface area contributed by atoms with Gasteiger partial charge in [0.2, 0.25) is 0 Å². The first-order chi connectivity index (χ1) is 5.54. The molecule has 0 saturated heterocycles. The molecule has 2 unspecified atom stereocenters. The van der Waals surface area contributed by atoms with Gasteiger partial charge in [-0.2, -0.15) is 0 Å². The first-order valence-electron chi connectivity index (χ1n) is 4.03. The van der Waals surface area contributed by atoms with Crippen LogP contribution < -0.4 is 0 Å². The quantitative estimate of drug-likeness (QED) is 0.808. The first kappa shape index (κ1) is 8.73. The number of hydrogen-bond acceptors (Lipinski definition) is 2. The molecular weight excluding hydrogens is 236 g/mol. The summed E-state index contributed by atoms with van der Waals surface area (Å²) >= 11 is 5.12. The highest BCUT2D eigenvalue weighted by Gasteiger charge is 2.52. The van der Waals surface area contributed by atoms with Crippen molar-refractivity contribution < 1.29 is 5.11 Å². The Morgan fingerprint density at radius 2 is 2.33 bits per heavy atom. The van der Waals surface area contributed by atoms with Crippen LogP contribution in [0.25, 0.3) is 0 Å². The lowest BCUT2D eigenvalue weighted by atomic mass is 10.2. The normalized spacial score (nSPS) is 33.8. The molecule has 1 aliphatic rings. The molecule has 1 saturated carbocycles. The summed E-state index contributed by atoms with van der Waals surface area (Å²) in [6, 6.07) is 2.08. The monoisotopic (exact) mass is 246 g/mol. The first-order valence-corrected chi connectivity index (χ1v) is 5.64. The largest absolute Gasteiger partial charge is 0.384 e. The summed E-state index contributed by atoms with van der Waals surface area (Å²) in [7, 11) is 0. The van der Waals surface area contributed by atoms with Crippen molar-refractivity contribution in [2.75, 3.05) is 0 Å². The predicted octanol–water partition coefficient (Wildman–Crippen LogP) is 3.05. The second-order valence-electron chi connectivity index (χ2n) is 3.60. The van der Waals surface area contributed by atoms with E-state index in [9.17, 15) is 5.11 Å². The van der Waals surface area contributed by atoms with Gasteiger partial charge in [-0.15, -0.1) is 11.3 Å². The average Bonchev–Trinajstić information content (AvgIpc) is 2.44. The van der Waals surface area contributed by atoms with Gasteiger partial charge in [-0.25, -0.2) is 0 Å². The highest BCUT2D eigenvalue weighted by Crippen LogP contribution is 2.54. The van der Waals surface area contributed by atoms with Gasteiger partial charge in [0.05, 0.1) is 3.79 Å². The molecule has 1 fully saturated rings. The Labute approximate surface area is 84.6 Å². The Hall–Kier alpha value is 0.140. The third kappa shape index (κ3) is 1.15. The maximum Gasteiger partial charge on any atom is 0.102 e. The van der Waals surface area contributed by atoms with Crippen molar-refractivity contribution >= 4 is 27.3 Å². The summed E-state index contributed by atoms with van der Waals surface area (Å²) in [6.45, 7) is 4.14. The maximum atomic E-state index is 10.00. The molecule has 66 valence electrons. The fraction of sp³-hybridized carbons (Fsp3) is 0.556. The van der Waals surface area contributed by atoms with Crippen LogP contribution in [0.1, 0.15) is 23.8 Å². The molecule has 0 aromatic carbocycles. The van der Waals surface area contributed by atoms with E-state index in [2.05, 4.69) is 35.8 Å². The smallest absolute Gasteiger partial charge is 0.102 e. The van der Waals surface area contributed by atoms with Gasteiger partial charge in [-0.05, 0) is 46.8 Å². The number of hydrogen-bond donors (Lipinski definition) is 1. The molecule has 1 N–H and O–H groups in total. The summed E-state index contributed by atoms with van der Waals surface area (Å²) in [4.78, 5) is 1.11. The van der Waals surface area contributed by atoms with E-state index in [1.807, 2.05) is 0 Å². The molecule has 1 aliphatic carbocycles. The average molecular weight is 247 g/mol. The molecule has 0 radical (unpaired) electrons. The molecule has 3 heteroatoms. The summed E-state index contributed by atoms with van der Waals surface area (Å²) < 4.78 is 1.14. The number of halogens is 1. The van der Waals surface area contributed by atoms with Crippen molar-refractivity contribution in [3.05, 3.63) is 20.3 Å². The maximum absolute atomic E-state index is 10.00. The van der Waals surface area contributed by atoms with Crippen LogP contribution in [0, 0.1) is 12.8 Å². The van der Waals surface area contributed by atoms with E-state index >= 15 is 0 Å². The van der Waals surface area contributed by atoms with Crippen molar-refractivity contribution in [1.29, 1.82) is 0 Å². The SMILES string of the molecule is Cc1cc(C2(O)CC2C)sc1Br. The third-order valence-electron chi connectivity index (χ3n) is 2.56. The second kappa shape index (κ2) is 2.56. The minimum Gasteiger partial charge on any atom is -0.384 e. The summed E-state index contributed by atoms with van der Waals surface area (Å²) in [5.41, 5.74) is 0.726. The zero-order chi connectivity index (χ0) is 8.93. The van der Waals surface area contributed by atoms with Crippen molar-refractivity contribution in [2.45, 2.75) is 25.9 Å². The van der Waals surface area contributed by atoms with Gasteiger partial charge in [-0.3, -0.25) is 0 Å². The molecule has 0 aliphatic heterocycles. The summed E-state index contributed by atoms with van der Waals surface area (Å²) in [6.07, 6.45) is 0.916. The number of aliphatic hydroxyl groups is 1. The van der Waals surface area contributed by atoms with Crippen LogP contribution in [0.4, 0.5) is 0 Å². The molecule has 1 nitrogen and oxygen atoms in total. The van der Waals surface area contributed by atoms with Gasteiger partial charge in [0, 0.05) is 4.88 Å². The molecule has 0 amide bonds. The van der Waals surface area contributed by atoms with E-state index in [1.54, 1.807) is 11.3 Å². The van der Waals surface area contributed by atoms with Crippen LogP contribution >= 0.6 is 27.3 Å². The van der Waals surface area contributed by atoms with Gasteiger partial charge in [-0.1, -0.05) is 6.92 Å². The molecule has 1 aromatic heterocycles. The van der Waals surface area contributed by atoms with Crippen molar-refractivity contribution in [3.63, 3.8) is 0 Å². The van der Waals surface area contributed by atoms with Crippen LogP contribution in [-0.2, 0) is 5.60 Å². The van der Waals surface area contributed by atoms with Gasteiger partial charge in [0.1, 0.15) is 5.60 Å². The van der Waals surface area contributed by atoms with Crippen LogP contribution in [0.3, 0.4) is 0 Å². The minimum absolute atomic E-state index is 0.433. The van der Waals surface area contributed by atoms with E-state index in [1.165, 1.54) is 5.56 Å². The lowest BCUT2D eigenvalue weighted by molar-refractivity contribution is 0.138. The van der Waals surface area contributed by atoms with Gasteiger partial charge in [0.15, 0.2) is 0 Å². The molecule has 2 rings (SSSR count). The van der Waals surface area contributed by atoms with Gasteiger partial charge in [0.25, 0.3) is 0 Å². The Morgan fingerprint density at radius 3 is 2.67 bits per heavy atom. The van der Waals surface area contributed by atoms with E-state index in [-0.39, 0.29) is 0 Å². The van der Waals surface area contributed by atoms with E-state index in [0.717, 1.165) is 15.1 Å². The zero-order valence-electron chi connectivity index (χ0n) is 7.10. The molecule has 1 aromatic rings. The fourth-order valence-corrected chi connectivity index (χ4v) is 3.17. The lowest BCUT2D eigenvalue weighted by Gasteiger charge is -2.03. The standard InChI is InChI=1S/C9H11BrOS/c1-5-3-7(12-8(5)10)9(11)4-6(9)2/h3,6,11H,4H2,1-2H3. The van der Waals surface area contributed by atoms with Gasteiger partial charge >= 0.3 is 0 Å². The molecule has 0 bridgehead atoms. The highest BCUT2D eigenvalue weighted by molar-refractivity contribution is 9.11. The lowest BCUT2D eigenvalue weighted by Crippen LogP contribution is -2.04. The van der Waals surface area contributed by atoms with E-state index < -0.39 is 5.60 Å². The summed E-state index contributed by atoms with van der Waals surface area (Å²) in [5, 5.41) is 10.00. The van der Waals surface area contributed by atoms with Crippen molar-refractivity contribution in [3.8, 4) is 0 Å². The van der Waals surface area contributed by atoms with E-state index in [0.29, 0.717) is 5.92 Å². The van der Waals surface area contributed by atoms with Crippen molar-refractivity contribution in [2.24, 2.45) is 5.92 Å². The molecule has 0 spiro atoms. The van der Waals surface area contributed by atoms with Gasteiger partial charge < -0.3 is 5.11 Å². The van der Waals surface area contributed by atoms with Crippen LogP contribution in [0.5, 0.6) is 0 Å². The second-order valence-corrected chi connectivity index (χ2v) is 5.97. The molecule has 12 heavy (non-hydrogen) atoms. The molecule has 1 heterocycles. The Balaban J connectivity index is 2.36.